The van der Waals surface area contributed by atoms with Crippen LogP contribution in [-0.4, -0.2) is 64.9 Å². The van der Waals surface area contributed by atoms with E-state index < -0.39 is 0 Å². The van der Waals surface area contributed by atoms with E-state index in [0.29, 0.717) is 70.4 Å². The molecule has 0 atom stereocenters. The molecule has 2 rings (SSSR count). The van der Waals surface area contributed by atoms with Crippen molar-refractivity contribution in [3.63, 3.8) is 0 Å². The molecular weight excluding hydrogens is 470 g/mol. The van der Waals surface area contributed by atoms with Gasteiger partial charge in [-0.2, -0.15) is 15.0 Å². The predicted octanol–water partition coefficient (Wildman–Crippen LogP) is 6.39. The third-order valence-electron chi connectivity index (χ3n) is 6.48. The highest BCUT2D eigenvalue weighted by molar-refractivity contribution is 5.39. The average molecular weight is 520 g/mol. The second-order valence-electron chi connectivity index (χ2n) is 9.92. The number of aliphatic hydroxyl groups is 2. The van der Waals surface area contributed by atoms with Gasteiger partial charge in [0.1, 0.15) is 19.3 Å². The number of anilines is 2. The van der Waals surface area contributed by atoms with E-state index in [9.17, 15) is 10.2 Å². The molecule has 1 saturated carbocycles. The van der Waals surface area contributed by atoms with Gasteiger partial charge >= 0.3 is 0 Å². The number of rotatable bonds is 21. The first-order valence-corrected chi connectivity index (χ1v) is 14.1. The van der Waals surface area contributed by atoms with Crippen LogP contribution in [0.5, 0.6) is 0 Å². The highest BCUT2D eigenvalue weighted by Gasteiger charge is 2.25. The Morgan fingerprint density at radius 1 is 0.784 bits per heavy atom. The van der Waals surface area contributed by atoms with Gasteiger partial charge in [0.05, 0.1) is 11.5 Å². The summed E-state index contributed by atoms with van der Waals surface area (Å²) in [5.74, 6) is 2.68. The van der Waals surface area contributed by atoms with E-state index in [-0.39, 0.29) is 11.5 Å². The first-order valence-electron chi connectivity index (χ1n) is 14.1. The lowest BCUT2D eigenvalue weighted by Crippen LogP contribution is -2.34. The zero-order valence-electron chi connectivity index (χ0n) is 23.2. The van der Waals surface area contributed by atoms with E-state index >= 15 is 0 Å². The second-order valence-corrected chi connectivity index (χ2v) is 9.92. The SMILES string of the molecule is C=C(O)CCCN(CCCC(=C)O)c1nc(C2CCCC2)nc(N(COCCCC)COCCCC)n1. The van der Waals surface area contributed by atoms with Crippen molar-refractivity contribution in [3.05, 3.63) is 30.5 Å². The monoisotopic (exact) mass is 519 g/mol. The number of nitrogens with zero attached hydrogens (tertiary/aromatic N) is 5. The van der Waals surface area contributed by atoms with Crippen molar-refractivity contribution >= 4 is 11.9 Å². The minimum atomic E-state index is 0.172. The van der Waals surface area contributed by atoms with E-state index in [4.69, 9.17) is 24.4 Å². The van der Waals surface area contributed by atoms with Crippen molar-refractivity contribution in [2.24, 2.45) is 0 Å². The normalized spacial score (nSPS) is 13.7. The Hall–Kier alpha value is -2.39. The summed E-state index contributed by atoms with van der Waals surface area (Å²) in [7, 11) is 0. The van der Waals surface area contributed by atoms with Crippen LogP contribution in [0, 0.1) is 0 Å². The maximum absolute atomic E-state index is 9.60. The number of unbranched alkanes of at least 4 members (excludes halogenated alkanes) is 2. The molecule has 0 radical (unpaired) electrons. The third kappa shape index (κ3) is 12.1. The fourth-order valence-corrected chi connectivity index (χ4v) is 4.27. The lowest BCUT2D eigenvalue weighted by atomic mass is 10.1. The quantitative estimate of drug-likeness (QED) is 0.108. The van der Waals surface area contributed by atoms with Gasteiger partial charge in [0.25, 0.3) is 0 Å². The lowest BCUT2D eigenvalue weighted by Gasteiger charge is -2.27. The highest BCUT2D eigenvalue weighted by atomic mass is 16.5. The number of hydrogen-bond acceptors (Lipinski definition) is 9. The summed E-state index contributed by atoms with van der Waals surface area (Å²) in [6.07, 6.45) is 11.2. The van der Waals surface area contributed by atoms with Crippen molar-refractivity contribution in [2.45, 2.75) is 96.8 Å². The second kappa shape index (κ2) is 18.0. The molecule has 0 unspecified atom stereocenters. The van der Waals surface area contributed by atoms with Gasteiger partial charge in [-0.05, 0) is 38.5 Å². The first-order chi connectivity index (χ1) is 17.9. The largest absolute Gasteiger partial charge is 0.513 e. The summed E-state index contributed by atoms with van der Waals surface area (Å²) >= 11 is 0. The van der Waals surface area contributed by atoms with Gasteiger partial charge in [-0.3, -0.25) is 4.90 Å². The van der Waals surface area contributed by atoms with Gasteiger partial charge in [0.2, 0.25) is 11.9 Å². The molecule has 9 nitrogen and oxygen atoms in total. The molecule has 0 bridgehead atoms. The number of ether oxygens (including phenoxy) is 2. The van der Waals surface area contributed by atoms with Crippen LogP contribution >= 0.6 is 0 Å². The van der Waals surface area contributed by atoms with Crippen molar-refractivity contribution in [3.8, 4) is 0 Å². The summed E-state index contributed by atoms with van der Waals surface area (Å²) in [4.78, 5) is 18.8. The molecule has 37 heavy (non-hydrogen) atoms. The van der Waals surface area contributed by atoms with Crippen LogP contribution in [0.4, 0.5) is 11.9 Å². The van der Waals surface area contributed by atoms with Crippen LogP contribution in [0.25, 0.3) is 0 Å². The number of allylic oxidation sites excluding steroid dienone is 2. The van der Waals surface area contributed by atoms with Crippen molar-refractivity contribution in [1.29, 1.82) is 0 Å². The van der Waals surface area contributed by atoms with E-state index in [0.717, 1.165) is 57.2 Å². The minimum Gasteiger partial charge on any atom is -0.513 e. The lowest BCUT2D eigenvalue weighted by molar-refractivity contribution is 0.0811. The van der Waals surface area contributed by atoms with Gasteiger partial charge in [-0.1, -0.05) is 52.7 Å². The number of aromatic nitrogens is 3. The number of aliphatic hydroxyl groups excluding tert-OH is 2. The Kier molecular flexibility index (Phi) is 15.0. The fourth-order valence-electron chi connectivity index (χ4n) is 4.27. The molecule has 9 heteroatoms. The van der Waals surface area contributed by atoms with E-state index in [1.165, 1.54) is 12.8 Å². The molecule has 1 aliphatic carbocycles. The molecule has 0 spiro atoms. The molecule has 1 fully saturated rings. The molecule has 1 aromatic heterocycles. The molecule has 0 amide bonds. The van der Waals surface area contributed by atoms with Crippen molar-refractivity contribution in [1.82, 2.24) is 15.0 Å². The van der Waals surface area contributed by atoms with Crippen LogP contribution in [0.2, 0.25) is 0 Å². The highest BCUT2D eigenvalue weighted by Crippen LogP contribution is 2.33. The molecule has 1 aliphatic rings. The van der Waals surface area contributed by atoms with Crippen molar-refractivity contribution in [2.75, 3.05) is 49.6 Å². The van der Waals surface area contributed by atoms with Crippen LogP contribution in [-0.2, 0) is 9.47 Å². The maximum Gasteiger partial charge on any atom is 0.234 e. The van der Waals surface area contributed by atoms with E-state index in [1.54, 1.807) is 0 Å². The van der Waals surface area contributed by atoms with Gasteiger partial charge < -0.3 is 24.6 Å². The fraction of sp³-hybridized carbons (Fsp3) is 0.750. The summed E-state index contributed by atoms with van der Waals surface area (Å²) in [6.45, 7) is 14.9. The Balaban J connectivity index is 2.34. The average Bonchev–Trinajstić information content (AvgIpc) is 3.41. The summed E-state index contributed by atoms with van der Waals surface area (Å²) in [6, 6.07) is 0. The molecule has 1 heterocycles. The Morgan fingerprint density at radius 2 is 1.27 bits per heavy atom. The Bertz CT molecular complexity index is 769. The molecule has 0 aromatic carbocycles. The van der Waals surface area contributed by atoms with Crippen LogP contribution in [0.15, 0.2) is 24.7 Å². The van der Waals surface area contributed by atoms with Crippen LogP contribution in [0.3, 0.4) is 0 Å². The predicted molar refractivity (Wildman–Crippen MR) is 149 cm³/mol. The summed E-state index contributed by atoms with van der Waals surface area (Å²) < 4.78 is 11.9. The standard InChI is InChI=1S/C28H49N5O4/c1-5-7-19-36-21-33(22-37-20-8-6-2)28-30-26(25-15-9-10-16-25)29-27(31-28)32(17-11-13-23(3)34)18-12-14-24(4)35/h25,34-35H,3-22H2,1-2H3. The van der Waals surface area contributed by atoms with Crippen LogP contribution in [0.1, 0.15) is 103 Å². The zero-order valence-corrected chi connectivity index (χ0v) is 23.2. The molecule has 2 N–H and O–H groups in total. The van der Waals surface area contributed by atoms with Crippen LogP contribution < -0.4 is 9.80 Å². The molecule has 0 saturated heterocycles. The van der Waals surface area contributed by atoms with Gasteiger partial charge in [-0.25, -0.2) is 0 Å². The Morgan fingerprint density at radius 3 is 1.73 bits per heavy atom. The minimum absolute atomic E-state index is 0.172. The third-order valence-corrected chi connectivity index (χ3v) is 6.48. The summed E-state index contributed by atoms with van der Waals surface area (Å²) in [5, 5.41) is 19.2. The van der Waals surface area contributed by atoms with Gasteiger partial charge in [0.15, 0.2) is 0 Å². The first kappa shape index (κ1) is 30.8. The molecular formula is C28H49N5O4. The van der Waals surface area contributed by atoms with E-state index in [1.807, 2.05) is 4.90 Å². The number of hydrogen-bond donors (Lipinski definition) is 2. The molecule has 210 valence electrons. The van der Waals surface area contributed by atoms with Gasteiger partial charge in [-0.15, -0.1) is 0 Å². The topological polar surface area (TPSA) is 104 Å². The Labute approximate surface area is 223 Å². The summed E-state index contributed by atoms with van der Waals surface area (Å²) in [5.41, 5.74) is 0. The van der Waals surface area contributed by atoms with Crippen molar-refractivity contribution < 1.29 is 19.7 Å². The molecule has 1 aromatic rings. The molecule has 0 aliphatic heterocycles. The zero-order chi connectivity index (χ0) is 26.9. The smallest absolute Gasteiger partial charge is 0.234 e. The van der Waals surface area contributed by atoms with E-state index in [2.05, 4.69) is 31.9 Å². The maximum atomic E-state index is 9.60. The van der Waals surface area contributed by atoms with Gasteiger partial charge in [0, 0.05) is 45.1 Å².